The Kier molecular flexibility index (Phi) is 7.23. The number of nitrogens with one attached hydrogen (secondary N) is 1. The first kappa shape index (κ1) is 27.2. The van der Waals surface area contributed by atoms with Crippen LogP contribution in [0.2, 0.25) is 0 Å². The van der Waals surface area contributed by atoms with Crippen molar-refractivity contribution in [2.75, 3.05) is 19.6 Å². The monoisotopic (exact) mass is 542 g/mol. The van der Waals surface area contributed by atoms with Crippen LogP contribution in [0, 0.1) is 0 Å². The van der Waals surface area contributed by atoms with Crippen LogP contribution in [-0.4, -0.2) is 63.4 Å². The van der Waals surface area contributed by atoms with Gasteiger partial charge < -0.3 is 19.5 Å². The number of hydrogen-bond acceptors (Lipinski definition) is 5. The molecule has 3 heterocycles. The number of aromatic nitrogens is 1. The van der Waals surface area contributed by atoms with Crippen molar-refractivity contribution in [2.45, 2.75) is 51.8 Å². The molecule has 1 saturated heterocycles. The maximum atomic E-state index is 13.6. The molecule has 2 aliphatic heterocycles. The summed E-state index contributed by atoms with van der Waals surface area (Å²) in [6.45, 7) is 10.8. The molecule has 9 heteroatoms. The number of esters is 1. The van der Waals surface area contributed by atoms with E-state index in [9.17, 15) is 19.2 Å². The van der Waals surface area contributed by atoms with Gasteiger partial charge in [-0.2, -0.15) is 0 Å². The van der Waals surface area contributed by atoms with E-state index in [4.69, 9.17) is 4.74 Å². The van der Waals surface area contributed by atoms with E-state index in [1.54, 1.807) is 17.0 Å². The number of ether oxygens (including phenoxy) is 1. The van der Waals surface area contributed by atoms with Crippen molar-refractivity contribution < 1.29 is 23.9 Å². The molecule has 2 bridgehead atoms. The lowest BCUT2D eigenvalue weighted by molar-refractivity contribution is -0.133. The van der Waals surface area contributed by atoms with Crippen LogP contribution in [0.4, 0.5) is 4.79 Å². The van der Waals surface area contributed by atoms with Crippen molar-refractivity contribution in [3.63, 3.8) is 0 Å². The van der Waals surface area contributed by atoms with Crippen LogP contribution >= 0.6 is 0 Å². The Morgan fingerprint density at radius 3 is 2.52 bits per heavy atom. The molecular weight excluding hydrogens is 508 g/mol. The third kappa shape index (κ3) is 5.23. The minimum Gasteiger partial charge on any atom is -0.456 e. The first-order valence-corrected chi connectivity index (χ1v) is 13.5. The summed E-state index contributed by atoms with van der Waals surface area (Å²) in [5.41, 5.74) is 3.82. The number of para-hydroxylation sites is 1. The van der Waals surface area contributed by atoms with Crippen LogP contribution < -0.4 is 5.32 Å². The molecule has 2 aliphatic rings. The first-order chi connectivity index (χ1) is 19.1. The van der Waals surface area contributed by atoms with Crippen molar-refractivity contribution in [3.05, 3.63) is 83.6 Å². The Morgan fingerprint density at radius 1 is 1.10 bits per heavy atom. The fourth-order valence-corrected chi connectivity index (χ4v) is 5.47. The SMILES string of the molecule is C=CC(=O)NCCCN1C(=O)C2CN(Cc3c2c2ccccc2n3Cc2ccc(C(=O)OC(C)(C)C)cc2)C1=O. The molecule has 0 radical (unpaired) electrons. The first-order valence-electron chi connectivity index (χ1n) is 13.5. The highest BCUT2D eigenvalue weighted by atomic mass is 16.6. The topological polar surface area (TPSA) is 101 Å². The Balaban J connectivity index is 1.42. The Labute approximate surface area is 233 Å². The molecule has 0 spiro atoms. The van der Waals surface area contributed by atoms with Gasteiger partial charge in [0.2, 0.25) is 11.8 Å². The quantitative estimate of drug-likeness (QED) is 0.261. The molecule has 1 fully saturated rings. The van der Waals surface area contributed by atoms with Crippen LogP contribution in [-0.2, 0) is 27.4 Å². The zero-order valence-electron chi connectivity index (χ0n) is 23.1. The normalized spacial score (nSPS) is 16.6. The summed E-state index contributed by atoms with van der Waals surface area (Å²) in [7, 11) is 0. The van der Waals surface area contributed by atoms with Gasteiger partial charge in [0, 0.05) is 42.8 Å². The summed E-state index contributed by atoms with van der Waals surface area (Å²) in [5, 5.41) is 3.70. The van der Waals surface area contributed by atoms with E-state index < -0.39 is 11.5 Å². The van der Waals surface area contributed by atoms with Gasteiger partial charge in [0.15, 0.2) is 0 Å². The van der Waals surface area contributed by atoms with Crippen LogP contribution in [0.3, 0.4) is 0 Å². The third-order valence-corrected chi connectivity index (χ3v) is 7.25. The summed E-state index contributed by atoms with van der Waals surface area (Å²) >= 11 is 0. The van der Waals surface area contributed by atoms with Gasteiger partial charge in [0.25, 0.3) is 0 Å². The Hall–Kier alpha value is -4.40. The minimum atomic E-state index is -0.571. The summed E-state index contributed by atoms with van der Waals surface area (Å²) in [6.07, 6.45) is 1.66. The van der Waals surface area contributed by atoms with Crippen molar-refractivity contribution in [2.24, 2.45) is 0 Å². The number of amides is 4. The molecule has 1 unspecified atom stereocenters. The van der Waals surface area contributed by atoms with Crippen molar-refractivity contribution in [3.8, 4) is 0 Å². The maximum Gasteiger partial charge on any atom is 0.338 e. The smallest absolute Gasteiger partial charge is 0.338 e. The average molecular weight is 543 g/mol. The van der Waals surface area contributed by atoms with E-state index in [-0.39, 0.29) is 30.4 Å². The zero-order valence-corrected chi connectivity index (χ0v) is 23.1. The summed E-state index contributed by atoms with van der Waals surface area (Å²) in [5.74, 6) is -1.31. The lowest BCUT2D eigenvalue weighted by Gasteiger charge is -2.42. The molecule has 1 N–H and O–H groups in total. The van der Waals surface area contributed by atoms with Gasteiger partial charge in [0.05, 0.1) is 18.0 Å². The average Bonchev–Trinajstić information content (AvgIpc) is 3.23. The molecular formula is C31H34N4O5. The number of benzene rings is 2. The van der Waals surface area contributed by atoms with Gasteiger partial charge in [-0.25, -0.2) is 9.59 Å². The van der Waals surface area contributed by atoms with Crippen molar-refractivity contribution in [1.29, 1.82) is 0 Å². The number of hydrogen-bond donors (Lipinski definition) is 1. The van der Waals surface area contributed by atoms with E-state index in [0.717, 1.165) is 27.7 Å². The molecule has 9 nitrogen and oxygen atoms in total. The van der Waals surface area contributed by atoms with Crippen molar-refractivity contribution in [1.82, 2.24) is 19.7 Å². The number of rotatable bonds is 8. The predicted octanol–water partition coefficient (Wildman–Crippen LogP) is 4.20. The standard InChI is InChI=1S/C31H34N4O5/c1-5-26(36)32-15-8-16-34-28(37)23-18-33(30(34)39)19-25-27(23)22-9-6-7-10-24(22)35(25)17-20-11-13-21(14-12-20)29(38)40-31(2,3)4/h5-7,9-14,23H,1,8,15-19H2,2-4H3,(H,32,36). The third-order valence-electron chi connectivity index (χ3n) is 7.25. The molecule has 0 aliphatic carbocycles. The molecule has 1 aromatic heterocycles. The van der Waals surface area contributed by atoms with Gasteiger partial charge in [-0.15, -0.1) is 0 Å². The van der Waals surface area contributed by atoms with Crippen LogP contribution in [0.5, 0.6) is 0 Å². The largest absolute Gasteiger partial charge is 0.456 e. The second kappa shape index (κ2) is 10.6. The zero-order chi connectivity index (χ0) is 28.6. The van der Waals surface area contributed by atoms with Crippen LogP contribution in [0.1, 0.15) is 60.3 Å². The Bertz CT molecular complexity index is 1500. The summed E-state index contributed by atoms with van der Waals surface area (Å²) in [4.78, 5) is 53.9. The molecule has 1 atom stereocenters. The number of nitrogens with zero attached hydrogens (tertiary/aromatic N) is 3. The van der Waals surface area contributed by atoms with Crippen molar-refractivity contribution >= 4 is 34.7 Å². The lowest BCUT2D eigenvalue weighted by atomic mass is 9.89. The number of carbonyl (C=O) groups excluding carboxylic acids is 4. The summed E-state index contributed by atoms with van der Waals surface area (Å²) < 4.78 is 7.65. The molecule has 2 aromatic carbocycles. The number of carbonyl (C=O) groups is 4. The van der Waals surface area contributed by atoms with Gasteiger partial charge >= 0.3 is 12.0 Å². The number of imide groups is 1. The van der Waals surface area contributed by atoms with Gasteiger partial charge in [0.1, 0.15) is 5.60 Å². The summed E-state index contributed by atoms with van der Waals surface area (Å²) in [6, 6.07) is 15.1. The second-order valence-electron chi connectivity index (χ2n) is 11.2. The molecule has 3 aromatic rings. The Morgan fingerprint density at radius 2 is 1.82 bits per heavy atom. The lowest BCUT2D eigenvalue weighted by Crippen LogP contribution is -2.58. The highest BCUT2D eigenvalue weighted by Crippen LogP contribution is 2.41. The van der Waals surface area contributed by atoms with Gasteiger partial charge in [-0.3, -0.25) is 14.5 Å². The van der Waals surface area contributed by atoms with Gasteiger partial charge in [-0.05, 0) is 62.6 Å². The van der Waals surface area contributed by atoms with Gasteiger partial charge in [-0.1, -0.05) is 36.9 Å². The van der Waals surface area contributed by atoms with E-state index in [1.807, 2.05) is 57.2 Å². The molecule has 4 amide bonds. The van der Waals surface area contributed by atoms with E-state index in [2.05, 4.69) is 16.5 Å². The maximum absolute atomic E-state index is 13.6. The predicted molar refractivity (Wildman–Crippen MR) is 151 cm³/mol. The molecule has 40 heavy (non-hydrogen) atoms. The molecule has 0 saturated carbocycles. The minimum absolute atomic E-state index is 0.207. The fourth-order valence-electron chi connectivity index (χ4n) is 5.47. The molecule has 208 valence electrons. The fraction of sp³-hybridized carbons (Fsp3) is 0.355. The van der Waals surface area contributed by atoms with E-state index in [1.165, 1.54) is 11.0 Å². The highest BCUT2D eigenvalue weighted by Gasteiger charge is 2.45. The number of urea groups is 1. The van der Waals surface area contributed by atoms with E-state index in [0.29, 0.717) is 38.2 Å². The molecule has 5 rings (SSSR count). The number of fused-ring (bicyclic) bond motifs is 6. The second-order valence-corrected chi connectivity index (χ2v) is 11.2. The van der Waals surface area contributed by atoms with E-state index >= 15 is 0 Å². The highest BCUT2D eigenvalue weighted by molar-refractivity contribution is 6.04. The van der Waals surface area contributed by atoms with Crippen LogP contribution in [0.25, 0.3) is 10.9 Å². The van der Waals surface area contributed by atoms with Crippen LogP contribution in [0.15, 0.2) is 61.2 Å².